The summed E-state index contributed by atoms with van der Waals surface area (Å²) in [5.74, 6) is 0.898. The van der Waals surface area contributed by atoms with Crippen molar-refractivity contribution in [3.05, 3.63) is 29.3 Å². The summed E-state index contributed by atoms with van der Waals surface area (Å²) in [6.45, 7) is 2.26. The van der Waals surface area contributed by atoms with E-state index in [4.69, 9.17) is 12.2 Å². The number of nitrogens with zero attached hydrogens (tertiary/aromatic N) is 2. The Hall–Kier alpha value is -0.650. The fraction of sp³-hybridized carbons (Fsp3) is 0.385. The van der Waals surface area contributed by atoms with E-state index >= 15 is 0 Å². The Balaban J connectivity index is 1.63. The zero-order valence-electron chi connectivity index (χ0n) is 9.96. The Morgan fingerprint density at radius 2 is 2.11 bits per heavy atom. The molecule has 0 atom stereocenters. The van der Waals surface area contributed by atoms with Crippen LogP contribution >= 0.6 is 35.3 Å². The van der Waals surface area contributed by atoms with Gasteiger partial charge >= 0.3 is 0 Å². The van der Waals surface area contributed by atoms with Gasteiger partial charge in [0.25, 0.3) is 0 Å². The van der Waals surface area contributed by atoms with Gasteiger partial charge in [0.05, 0.1) is 16.0 Å². The molecule has 94 valence electrons. The topological polar surface area (TPSA) is 16.1 Å². The standard InChI is InChI=1S/C13H14N2S3/c16-13(15-7-3-4-8-15)17-9-12-14-10-5-1-2-6-11(10)18-12/h1-2,5-6H,3-4,7-9H2. The first-order chi connectivity index (χ1) is 8.83. The van der Waals surface area contributed by atoms with Crippen molar-refractivity contribution in [2.24, 2.45) is 0 Å². The maximum atomic E-state index is 5.46. The summed E-state index contributed by atoms with van der Waals surface area (Å²) in [4.78, 5) is 6.94. The van der Waals surface area contributed by atoms with Gasteiger partial charge in [-0.25, -0.2) is 4.98 Å². The first kappa shape index (κ1) is 12.4. The molecule has 0 spiro atoms. The smallest absolute Gasteiger partial charge is 0.136 e. The van der Waals surface area contributed by atoms with E-state index in [1.54, 1.807) is 23.1 Å². The van der Waals surface area contributed by atoms with Gasteiger partial charge in [-0.3, -0.25) is 0 Å². The molecular weight excluding hydrogens is 280 g/mol. The van der Waals surface area contributed by atoms with Crippen LogP contribution in [-0.2, 0) is 5.75 Å². The van der Waals surface area contributed by atoms with Crippen LogP contribution in [0.15, 0.2) is 24.3 Å². The number of hydrogen-bond donors (Lipinski definition) is 0. The predicted molar refractivity (Wildman–Crippen MR) is 84.3 cm³/mol. The van der Waals surface area contributed by atoms with E-state index in [2.05, 4.69) is 28.1 Å². The zero-order valence-corrected chi connectivity index (χ0v) is 12.4. The molecule has 3 rings (SSSR count). The van der Waals surface area contributed by atoms with Gasteiger partial charge in [0.1, 0.15) is 9.33 Å². The van der Waals surface area contributed by atoms with Gasteiger partial charge in [0.15, 0.2) is 0 Å². The fourth-order valence-electron chi connectivity index (χ4n) is 2.10. The van der Waals surface area contributed by atoms with Crippen molar-refractivity contribution in [1.29, 1.82) is 0 Å². The third-order valence-electron chi connectivity index (χ3n) is 3.02. The molecule has 0 amide bonds. The van der Waals surface area contributed by atoms with E-state index in [0.717, 1.165) is 28.7 Å². The first-order valence-corrected chi connectivity index (χ1v) is 8.30. The van der Waals surface area contributed by atoms with Crippen molar-refractivity contribution < 1.29 is 0 Å². The molecule has 0 saturated carbocycles. The molecule has 5 heteroatoms. The van der Waals surface area contributed by atoms with Crippen LogP contribution in [0, 0.1) is 0 Å². The number of thiocarbonyl (C=S) groups is 1. The van der Waals surface area contributed by atoms with Crippen molar-refractivity contribution in [1.82, 2.24) is 9.88 Å². The average molecular weight is 294 g/mol. The Kier molecular flexibility index (Phi) is 3.82. The molecule has 2 heterocycles. The number of aromatic nitrogens is 1. The fourth-order valence-corrected chi connectivity index (χ4v) is 4.31. The lowest BCUT2D eigenvalue weighted by atomic mass is 10.3. The van der Waals surface area contributed by atoms with E-state index in [0.29, 0.717) is 0 Å². The number of thioether (sulfide) groups is 1. The molecule has 1 aromatic carbocycles. The van der Waals surface area contributed by atoms with Crippen molar-refractivity contribution in [3.63, 3.8) is 0 Å². The maximum absolute atomic E-state index is 5.46. The molecule has 18 heavy (non-hydrogen) atoms. The molecule has 0 bridgehead atoms. The van der Waals surface area contributed by atoms with E-state index < -0.39 is 0 Å². The molecular formula is C13H14N2S3. The lowest BCUT2D eigenvalue weighted by Crippen LogP contribution is -2.23. The van der Waals surface area contributed by atoms with Gasteiger partial charge in [0, 0.05) is 13.1 Å². The zero-order chi connectivity index (χ0) is 12.4. The van der Waals surface area contributed by atoms with Crippen LogP contribution in [0.4, 0.5) is 0 Å². The molecule has 1 fully saturated rings. The summed E-state index contributed by atoms with van der Waals surface area (Å²) in [5.41, 5.74) is 1.10. The van der Waals surface area contributed by atoms with Crippen LogP contribution in [0.1, 0.15) is 17.8 Å². The second kappa shape index (κ2) is 5.55. The summed E-state index contributed by atoms with van der Waals surface area (Å²) in [6.07, 6.45) is 2.56. The van der Waals surface area contributed by atoms with Crippen molar-refractivity contribution in [3.8, 4) is 0 Å². The number of rotatable bonds is 2. The quantitative estimate of drug-likeness (QED) is 0.780. The van der Waals surface area contributed by atoms with Crippen molar-refractivity contribution >= 4 is 49.9 Å². The highest BCUT2D eigenvalue weighted by Gasteiger charge is 2.15. The Bertz CT molecular complexity index is 525. The number of thiazole rings is 1. The molecule has 2 nitrogen and oxygen atoms in total. The van der Waals surface area contributed by atoms with E-state index in [-0.39, 0.29) is 0 Å². The second-order valence-corrected chi connectivity index (χ2v) is 7.05. The minimum atomic E-state index is 0.898. The minimum Gasteiger partial charge on any atom is -0.358 e. The molecule has 0 aliphatic carbocycles. The number of fused-ring (bicyclic) bond motifs is 1. The van der Waals surface area contributed by atoms with Gasteiger partial charge in [-0.1, -0.05) is 36.1 Å². The van der Waals surface area contributed by atoms with Gasteiger partial charge in [-0.05, 0) is 25.0 Å². The third-order valence-corrected chi connectivity index (χ3v) is 5.78. The molecule has 0 unspecified atom stereocenters. The van der Waals surface area contributed by atoms with Crippen LogP contribution in [0.3, 0.4) is 0 Å². The number of benzene rings is 1. The van der Waals surface area contributed by atoms with Gasteiger partial charge in [-0.15, -0.1) is 11.3 Å². The van der Waals surface area contributed by atoms with E-state index in [1.165, 1.54) is 22.5 Å². The van der Waals surface area contributed by atoms with Crippen LogP contribution in [-0.4, -0.2) is 27.3 Å². The highest BCUT2D eigenvalue weighted by Crippen LogP contribution is 2.26. The Morgan fingerprint density at radius 1 is 1.33 bits per heavy atom. The Morgan fingerprint density at radius 3 is 2.89 bits per heavy atom. The van der Waals surface area contributed by atoms with Crippen molar-refractivity contribution in [2.45, 2.75) is 18.6 Å². The van der Waals surface area contributed by atoms with Crippen LogP contribution in [0.25, 0.3) is 10.2 Å². The van der Waals surface area contributed by atoms with Crippen LogP contribution < -0.4 is 0 Å². The summed E-state index contributed by atoms with van der Waals surface area (Å²) in [6, 6.07) is 8.29. The summed E-state index contributed by atoms with van der Waals surface area (Å²) in [5, 5.41) is 1.17. The lowest BCUT2D eigenvalue weighted by Gasteiger charge is -2.16. The van der Waals surface area contributed by atoms with Gasteiger partial charge in [0.2, 0.25) is 0 Å². The number of para-hydroxylation sites is 1. The highest BCUT2D eigenvalue weighted by atomic mass is 32.2. The van der Waals surface area contributed by atoms with Crippen LogP contribution in [0.5, 0.6) is 0 Å². The summed E-state index contributed by atoms with van der Waals surface area (Å²) in [7, 11) is 0. The van der Waals surface area contributed by atoms with E-state index in [9.17, 15) is 0 Å². The molecule has 1 aliphatic rings. The van der Waals surface area contributed by atoms with E-state index in [1.807, 2.05) is 6.07 Å². The normalized spacial score (nSPS) is 15.4. The number of likely N-dealkylation sites (tertiary alicyclic amines) is 1. The largest absolute Gasteiger partial charge is 0.358 e. The molecule has 1 saturated heterocycles. The van der Waals surface area contributed by atoms with Crippen molar-refractivity contribution in [2.75, 3.05) is 13.1 Å². The van der Waals surface area contributed by atoms with Gasteiger partial charge < -0.3 is 4.90 Å². The molecule has 0 N–H and O–H groups in total. The molecule has 0 radical (unpaired) electrons. The second-order valence-electron chi connectivity index (χ2n) is 4.32. The summed E-state index contributed by atoms with van der Waals surface area (Å²) < 4.78 is 2.30. The first-order valence-electron chi connectivity index (χ1n) is 6.09. The van der Waals surface area contributed by atoms with Gasteiger partial charge in [-0.2, -0.15) is 0 Å². The molecule has 1 aromatic heterocycles. The van der Waals surface area contributed by atoms with Crippen LogP contribution in [0.2, 0.25) is 0 Å². The molecule has 1 aliphatic heterocycles. The SMILES string of the molecule is S=C(SCc1nc2ccccc2s1)N1CCCC1. The monoisotopic (exact) mass is 294 g/mol. The predicted octanol–water partition coefficient (Wildman–Crippen LogP) is 3.91. The highest BCUT2D eigenvalue weighted by molar-refractivity contribution is 8.22. The lowest BCUT2D eigenvalue weighted by molar-refractivity contribution is 0.539. The molecule has 2 aromatic rings. The average Bonchev–Trinajstić information content (AvgIpc) is 3.04. The Labute approximate surface area is 120 Å². The minimum absolute atomic E-state index is 0.898. The number of hydrogen-bond acceptors (Lipinski definition) is 4. The summed E-state index contributed by atoms with van der Waals surface area (Å²) >= 11 is 8.98. The third kappa shape index (κ3) is 2.68. The maximum Gasteiger partial charge on any atom is 0.136 e.